The molecule has 0 saturated heterocycles. The van der Waals surface area contributed by atoms with Crippen molar-refractivity contribution in [3.05, 3.63) is 53.7 Å². The van der Waals surface area contributed by atoms with Gasteiger partial charge in [-0.25, -0.2) is 8.42 Å². The number of anilines is 1. The minimum atomic E-state index is -3.73. The van der Waals surface area contributed by atoms with Gasteiger partial charge in [-0.1, -0.05) is 0 Å². The van der Waals surface area contributed by atoms with Crippen LogP contribution in [-0.4, -0.2) is 20.5 Å². The highest BCUT2D eigenvalue weighted by Gasteiger charge is 2.21. The van der Waals surface area contributed by atoms with Crippen molar-refractivity contribution in [3.63, 3.8) is 0 Å². The van der Waals surface area contributed by atoms with Gasteiger partial charge in [-0.3, -0.25) is 4.72 Å². The van der Waals surface area contributed by atoms with Gasteiger partial charge in [0.15, 0.2) is 0 Å². The van der Waals surface area contributed by atoms with Crippen LogP contribution in [0.15, 0.2) is 47.5 Å². The van der Waals surface area contributed by atoms with E-state index in [0.29, 0.717) is 11.4 Å². The molecule has 0 aliphatic carbocycles. The zero-order valence-corrected chi connectivity index (χ0v) is 14.0. The Hall–Kier alpha value is -2.47. The van der Waals surface area contributed by atoms with E-state index in [0.717, 1.165) is 22.0 Å². The smallest absolute Gasteiger partial charge is 0.265 e. The number of methoxy groups -OCH3 is 1. The highest BCUT2D eigenvalue weighted by molar-refractivity contribution is 7.92. The van der Waals surface area contributed by atoms with Gasteiger partial charge in [0.25, 0.3) is 10.0 Å². The first-order chi connectivity index (χ1) is 10.9. The van der Waals surface area contributed by atoms with Gasteiger partial charge in [0.1, 0.15) is 10.6 Å². The summed E-state index contributed by atoms with van der Waals surface area (Å²) in [7, 11) is -2.27. The number of aryl methyl sites for hydroxylation is 2. The van der Waals surface area contributed by atoms with E-state index >= 15 is 0 Å². The summed E-state index contributed by atoms with van der Waals surface area (Å²) in [5.74, 6) is 0.336. The molecule has 1 heterocycles. The molecule has 0 radical (unpaired) electrons. The molecule has 6 heteroatoms. The lowest BCUT2D eigenvalue weighted by molar-refractivity contribution is 0.402. The van der Waals surface area contributed by atoms with Crippen molar-refractivity contribution in [2.45, 2.75) is 18.7 Å². The molecule has 0 spiro atoms. The van der Waals surface area contributed by atoms with E-state index < -0.39 is 10.0 Å². The standard InChI is InChI=1S/C17H18N2O3S/c1-11-8-16(22-3)17(9-12(11)2)23(20,21)19-14-4-5-15-13(10-14)6-7-18-15/h4-10,18-19H,1-3H3. The fraction of sp³-hybridized carbons (Fsp3) is 0.176. The number of hydrogen-bond donors (Lipinski definition) is 2. The zero-order chi connectivity index (χ0) is 16.6. The lowest BCUT2D eigenvalue weighted by Crippen LogP contribution is -2.14. The lowest BCUT2D eigenvalue weighted by atomic mass is 10.1. The van der Waals surface area contributed by atoms with Crippen molar-refractivity contribution in [1.29, 1.82) is 0 Å². The Kier molecular flexibility index (Phi) is 3.77. The molecule has 0 saturated carbocycles. The van der Waals surface area contributed by atoms with Crippen LogP contribution in [-0.2, 0) is 10.0 Å². The molecule has 2 aromatic carbocycles. The van der Waals surface area contributed by atoms with E-state index in [1.807, 2.05) is 32.2 Å². The number of rotatable bonds is 4. The van der Waals surface area contributed by atoms with Gasteiger partial charge >= 0.3 is 0 Å². The number of H-pyrrole nitrogens is 1. The first kappa shape index (κ1) is 15.4. The third-order valence-electron chi connectivity index (χ3n) is 3.87. The van der Waals surface area contributed by atoms with Gasteiger partial charge in [-0.15, -0.1) is 0 Å². The van der Waals surface area contributed by atoms with Crippen molar-refractivity contribution < 1.29 is 13.2 Å². The van der Waals surface area contributed by atoms with Gasteiger partial charge in [0.2, 0.25) is 0 Å². The number of hydrogen-bond acceptors (Lipinski definition) is 3. The van der Waals surface area contributed by atoms with Gasteiger partial charge in [-0.05, 0) is 61.4 Å². The van der Waals surface area contributed by atoms with E-state index in [1.54, 1.807) is 24.3 Å². The molecule has 0 aliphatic heterocycles. The molecule has 0 bridgehead atoms. The first-order valence-electron chi connectivity index (χ1n) is 7.16. The Morgan fingerprint density at radius 2 is 1.78 bits per heavy atom. The summed E-state index contributed by atoms with van der Waals surface area (Å²) in [6, 6.07) is 10.6. The fourth-order valence-electron chi connectivity index (χ4n) is 2.46. The Morgan fingerprint density at radius 1 is 1.04 bits per heavy atom. The maximum atomic E-state index is 12.7. The highest BCUT2D eigenvalue weighted by Crippen LogP contribution is 2.29. The molecule has 3 aromatic rings. The highest BCUT2D eigenvalue weighted by atomic mass is 32.2. The van der Waals surface area contributed by atoms with Crippen molar-refractivity contribution in [3.8, 4) is 5.75 Å². The monoisotopic (exact) mass is 330 g/mol. The van der Waals surface area contributed by atoms with E-state index in [9.17, 15) is 8.42 Å². The average molecular weight is 330 g/mol. The summed E-state index contributed by atoms with van der Waals surface area (Å²) in [6.07, 6.45) is 1.81. The quantitative estimate of drug-likeness (QED) is 0.768. The molecule has 0 unspecified atom stereocenters. The van der Waals surface area contributed by atoms with E-state index in [1.165, 1.54) is 7.11 Å². The molecule has 3 rings (SSSR count). The Bertz CT molecular complexity index is 975. The summed E-state index contributed by atoms with van der Waals surface area (Å²) in [5.41, 5.74) is 3.34. The zero-order valence-electron chi connectivity index (χ0n) is 13.2. The lowest BCUT2D eigenvalue weighted by Gasteiger charge is -2.14. The van der Waals surface area contributed by atoms with Crippen LogP contribution in [0.4, 0.5) is 5.69 Å². The second kappa shape index (κ2) is 5.62. The SMILES string of the molecule is COc1cc(C)c(C)cc1S(=O)(=O)Nc1ccc2[nH]ccc2c1. The minimum absolute atomic E-state index is 0.136. The summed E-state index contributed by atoms with van der Waals surface area (Å²) >= 11 is 0. The number of fused-ring (bicyclic) bond motifs is 1. The maximum absolute atomic E-state index is 12.7. The van der Waals surface area contributed by atoms with E-state index in [4.69, 9.17) is 4.74 Å². The summed E-state index contributed by atoms with van der Waals surface area (Å²) < 4.78 is 33.3. The van der Waals surface area contributed by atoms with Crippen LogP contribution in [0, 0.1) is 13.8 Å². The predicted molar refractivity (Wildman–Crippen MR) is 91.6 cm³/mol. The molecule has 1 aromatic heterocycles. The van der Waals surface area contributed by atoms with Crippen LogP contribution >= 0.6 is 0 Å². The Morgan fingerprint density at radius 3 is 2.52 bits per heavy atom. The average Bonchev–Trinajstić information content (AvgIpc) is 2.96. The van der Waals surface area contributed by atoms with E-state index in [-0.39, 0.29) is 4.90 Å². The molecule has 5 nitrogen and oxygen atoms in total. The second-order valence-electron chi connectivity index (χ2n) is 5.47. The number of benzene rings is 2. The number of sulfonamides is 1. The number of ether oxygens (including phenoxy) is 1. The van der Waals surface area contributed by atoms with E-state index in [2.05, 4.69) is 9.71 Å². The number of nitrogens with one attached hydrogen (secondary N) is 2. The summed E-state index contributed by atoms with van der Waals surface area (Å²) in [6.45, 7) is 3.79. The van der Waals surface area contributed by atoms with Gasteiger partial charge in [0.05, 0.1) is 7.11 Å². The van der Waals surface area contributed by atoms with Crippen molar-refractivity contribution in [1.82, 2.24) is 4.98 Å². The largest absolute Gasteiger partial charge is 0.495 e. The molecule has 23 heavy (non-hydrogen) atoms. The normalized spacial score (nSPS) is 11.6. The number of aromatic nitrogens is 1. The Balaban J connectivity index is 2.02. The fourth-order valence-corrected chi connectivity index (χ4v) is 3.75. The number of aromatic amines is 1. The predicted octanol–water partition coefficient (Wildman–Crippen LogP) is 3.59. The van der Waals surface area contributed by atoms with Gasteiger partial charge < -0.3 is 9.72 Å². The molecule has 0 aliphatic rings. The minimum Gasteiger partial charge on any atom is -0.495 e. The van der Waals surface area contributed by atoms with Crippen LogP contribution < -0.4 is 9.46 Å². The van der Waals surface area contributed by atoms with Gasteiger partial charge in [0, 0.05) is 22.8 Å². The second-order valence-corrected chi connectivity index (χ2v) is 7.12. The van der Waals surface area contributed by atoms with Crippen LogP contribution in [0.3, 0.4) is 0 Å². The molecule has 0 amide bonds. The van der Waals surface area contributed by atoms with Crippen LogP contribution in [0.2, 0.25) is 0 Å². The van der Waals surface area contributed by atoms with Crippen LogP contribution in [0.5, 0.6) is 5.75 Å². The van der Waals surface area contributed by atoms with Crippen LogP contribution in [0.1, 0.15) is 11.1 Å². The van der Waals surface area contributed by atoms with Crippen LogP contribution in [0.25, 0.3) is 10.9 Å². The summed E-state index contributed by atoms with van der Waals surface area (Å²) in [4.78, 5) is 3.21. The third-order valence-corrected chi connectivity index (χ3v) is 5.28. The molecule has 0 atom stereocenters. The van der Waals surface area contributed by atoms with Crippen molar-refractivity contribution in [2.24, 2.45) is 0 Å². The molecule has 2 N–H and O–H groups in total. The molecule has 0 fully saturated rings. The molecular weight excluding hydrogens is 312 g/mol. The Labute approximate surface area is 135 Å². The van der Waals surface area contributed by atoms with Crippen molar-refractivity contribution in [2.75, 3.05) is 11.8 Å². The summed E-state index contributed by atoms with van der Waals surface area (Å²) in [5, 5.41) is 0.942. The first-order valence-corrected chi connectivity index (χ1v) is 8.64. The van der Waals surface area contributed by atoms with Gasteiger partial charge in [-0.2, -0.15) is 0 Å². The third kappa shape index (κ3) is 2.90. The van der Waals surface area contributed by atoms with Crippen molar-refractivity contribution >= 4 is 26.6 Å². The topological polar surface area (TPSA) is 71.2 Å². The molecular formula is C17H18N2O3S. The maximum Gasteiger partial charge on any atom is 0.265 e. The molecule has 120 valence electrons.